The molecule has 0 radical (unpaired) electrons. The maximum atomic E-state index is 11.9. The van der Waals surface area contributed by atoms with Gasteiger partial charge >= 0.3 is 5.97 Å². The van der Waals surface area contributed by atoms with E-state index in [2.05, 4.69) is 5.32 Å². The highest BCUT2D eigenvalue weighted by Gasteiger charge is 2.31. The number of hydrogen-bond acceptors (Lipinski definition) is 3. The third-order valence-electron chi connectivity index (χ3n) is 3.32. The maximum absolute atomic E-state index is 11.9. The van der Waals surface area contributed by atoms with Crippen molar-refractivity contribution in [2.75, 3.05) is 0 Å². The molecule has 1 amide bonds. The van der Waals surface area contributed by atoms with E-state index in [9.17, 15) is 9.59 Å². The second-order valence-electron chi connectivity index (χ2n) is 4.77. The minimum Gasteiger partial charge on any atom is -0.480 e. The van der Waals surface area contributed by atoms with E-state index in [4.69, 9.17) is 9.84 Å². The van der Waals surface area contributed by atoms with Crippen molar-refractivity contribution in [1.82, 2.24) is 5.32 Å². The molecule has 5 heteroatoms. The zero-order chi connectivity index (χ0) is 13.5. The molecule has 104 valence electrons. The fourth-order valence-electron chi connectivity index (χ4n) is 2.13. The van der Waals surface area contributed by atoms with Crippen molar-refractivity contribution in [2.45, 2.75) is 70.6 Å². The minimum absolute atomic E-state index is 0.139. The van der Waals surface area contributed by atoms with Gasteiger partial charge in [0.25, 0.3) is 0 Å². The van der Waals surface area contributed by atoms with Crippen LogP contribution in [-0.4, -0.2) is 35.2 Å². The van der Waals surface area contributed by atoms with Gasteiger partial charge in [0.1, 0.15) is 12.1 Å². The molecule has 2 unspecified atom stereocenters. The summed E-state index contributed by atoms with van der Waals surface area (Å²) in [5.74, 6) is -1.25. The van der Waals surface area contributed by atoms with Crippen molar-refractivity contribution in [3.63, 3.8) is 0 Å². The molecule has 1 rings (SSSR count). The summed E-state index contributed by atoms with van der Waals surface area (Å²) < 4.78 is 5.55. The van der Waals surface area contributed by atoms with Gasteiger partial charge < -0.3 is 15.2 Å². The van der Waals surface area contributed by atoms with Crippen molar-refractivity contribution in [3.05, 3.63) is 0 Å². The van der Waals surface area contributed by atoms with Crippen LogP contribution in [-0.2, 0) is 14.3 Å². The van der Waals surface area contributed by atoms with Crippen LogP contribution < -0.4 is 5.32 Å². The molecule has 1 aliphatic rings. The second-order valence-corrected chi connectivity index (χ2v) is 4.77. The molecule has 3 atom stereocenters. The van der Waals surface area contributed by atoms with Gasteiger partial charge in [-0.1, -0.05) is 26.7 Å². The molecule has 18 heavy (non-hydrogen) atoms. The zero-order valence-electron chi connectivity index (χ0n) is 11.1. The zero-order valence-corrected chi connectivity index (χ0v) is 11.1. The lowest BCUT2D eigenvalue weighted by molar-refractivity contribution is -0.144. The fraction of sp³-hybridized carbons (Fsp3) is 0.846. The molecule has 0 bridgehead atoms. The molecule has 1 heterocycles. The third-order valence-corrected chi connectivity index (χ3v) is 3.32. The van der Waals surface area contributed by atoms with E-state index in [0.29, 0.717) is 12.8 Å². The Kier molecular flexibility index (Phi) is 6.12. The highest BCUT2D eigenvalue weighted by atomic mass is 16.5. The van der Waals surface area contributed by atoms with Crippen molar-refractivity contribution < 1.29 is 19.4 Å². The number of unbranched alkanes of at least 4 members (excludes halogenated alkanes) is 1. The Morgan fingerprint density at radius 2 is 2.11 bits per heavy atom. The van der Waals surface area contributed by atoms with Gasteiger partial charge in [-0.3, -0.25) is 4.79 Å². The molecule has 0 saturated carbocycles. The molecular formula is C13H23NO4. The number of aliphatic carboxylic acids is 1. The van der Waals surface area contributed by atoms with Crippen LogP contribution in [0.5, 0.6) is 0 Å². The number of rotatable bonds is 7. The van der Waals surface area contributed by atoms with Crippen molar-refractivity contribution in [2.24, 2.45) is 0 Å². The van der Waals surface area contributed by atoms with E-state index >= 15 is 0 Å². The monoisotopic (exact) mass is 257 g/mol. The van der Waals surface area contributed by atoms with Crippen LogP contribution in [0, 0.1) is 0 Å². The van der Waals surface area contributed by atoms with Crippen molar-refractivity contribution in [3.8, 4) is 0 Å². The number of carboxylic acid groups (broad SMARTS) is 1. The van der Waals surface area contributed by atoms with Crippen LogP contribution >= 0.6 is 0 Å². The molecule has 1 aliphatic heterocycles. The first-order chi connectivity index (χ1) is 8.58. The van der Waals surface area contributed by atoms with Crippen LogP contribution in [0.2, 0.25) is 0 Å². The molecule has 1 fully saturated rings. The van der Waals surface area contributed by atoms with E-state index in [1.165, 1.54) is 0 Å². The number of nitrogens with one attached hydrogen (secondary N) is 1. The molecule has 5 nitrogen and oxygen atoms in total. The molecule has 0 aliphatic carbocycles. The number of amides is 1. The summed E-state index contributed by atoms with van der Waals surface area (Å²) in [6, 6.07) is -0.790. The summed E-state index contributed by atoms with van der Waals surface area (Å²) in [7, 11) is 0. The van der Waals surface area contributed by atoms with E-state index in [1.54, 1.807) is 0 Å². The first kappa shape index (κ1) is 15.0. The van der Waals surface area contributed by atoms with Gasteiger partial charge in [-0.05, 0) is 25.7 Å². The average Bonchev–Trinajstić information content (AvgIpc) is 2.82. The molecule has 2 N–H and O–H groups in total. The highest BCUT2D eigenvalue weighted by molar-refractivity contribution is 5.86. The van der Waals surface area contributed by atoms with E-state index in [0.717, 1.165) is 25.7 Å². The quantitative estimate of drug-likeness (QED) is 0.728. The lowest BCUT2D eigenvalue weighted by Gasteiger charge is -2.17. The summed E-state index contributed by atoms with van der Waals surface area (Å²) >= 11 is 0. The van der Waals surface area contributed by atoms with Gasteiger partial charge in [0.05, 0.1) is 6.10 Å². The van der Waals surface area contributed by atoms with Gasteiger partial charge in [0.15, 0.2) is 0 Å². The minimum atomic E-state index is -0.971. The van der Waals surface area contributed by atoms with Gasteiger partial charge in [0, 0.05) is 0 Å². The first-order valence-electron chi connectivity index (χ1n) is 6.77. The fourth-order valence-corrected chi connectivity index (χ4v) is 2.13. The number of carbonyl (C=O) groups is 2. The number of carbonyl (C=O) groups excluding carboxylic acids is 1. The van der Waals surface area contributed by atoms with Crippen LogP contribution in [0.4, 0.5) is 0 Å². The summed E-state index contributed by atoms with van der Waals surface area (Å²) in [5, 5.41) is 11.6. The Bertz CT molecular complexity index is 293. The number of carboxylic acids is 1. The third kappa shape index (κ3) is 4.29. The number of ether oxygens (including phenoxy) is 1. The molecular weight excluding hydrogens is 234 g/mol. The van der Waals surface area contributed by atoms with Crippen LogP contribution in [0.15, 0.2) is 0 Å². The molecule has 0 aromatic rings. The molecule has 1 saturated heterocycles. The summed E-state index contributed by atoms with van der Waals surface area (Å²) in [5.41, 5.74) is 0. The Labute approximate surface area is 108 Å². The number of hydrogen-bond donors (Lipinski definition) is 2. The molecule has 0 spiro atoms. The van der Waals surface area contributed by atoms with Gasteiger partial charge in [-0.25, -0.2) is 4.79 Å². The van der Waals surface area contributed by atoms with Crippen LogP contribution in [0.1, 0.15) is 52.4 Å². The second kappa shape index (κ2) is 7.36. The normalized spacial score (nSPS) is 24.8. The topological polar surface area (TPSA) is 75.6 Å². The van der Waals surface area contributed by atoms with Crippen molar-refractivity contribution >= 4 is 11.9 Å². The standard InChI is InChI=1S/C13H23NO4/c1-3-5-6-10(13(16)17)14-12(15)11-8-7-9(4-2)18-11/h9-11H,3-8H2,1-2H3,(H,14,15)(H,16,17)/t9?,10-,11?/m0/s1. The van der Waals surface area contributed by atoms with Gasteiger partial charge in [-0.15, -0.1) is 0 Å². The predicted octanol–water partition coefficient (Wildman–Crippen LogP) is 1.70. The van der Waals surface area contributed by atoms with Crippen LogP contribution in [0.25, 0.3) is 0 Å². The SMILES string of the molecule is CCCC[C@H](NC(=O)C1CCC(CC)O1)C(=O)O. The lowest BCUT2D eigenvalue weighted by atomic mass is 10.1. The Morgan fingerprint density at radius 1 is 1.39 bits per heavy atom. The summed E-state index contributed by atoms with van der Waals surface area (Å²) in [6.07, 6.45) is 4.30. The lowest BCUT2D eigenvalue weighted by Crippen LogP contribution is -2.45. The van der Waals surface area contributed by atoms with E-state index < -0.39 is 18.1 Å². The van der Waals surface area contributed by atoms with Crippen molar-refractivity contribution in [1.29, 1.82) is 0 Å². The maximum Gasteiger partial charge on any atom is 0.326 e. The largest absolute Gasteiger partial charge is 0.480 e. The summed E-state index contributed by atoms with van der Waals surface area (Å²) in [6.45, 7) is 4.01. The molecule has 0 aromatic heterocycles. The van der Waals surface area contributed by atoms with E-state index in [-0.39, 0.29) is 12.0 Å². The smallest absolute Gasteiger partial charge is 0.326 e. The predicted molar refractivity (Wildman–Crippen MR) is 67.3 cm³/mol. The average molecular weight is 257 g/mol. The molecule has 0 aromatic carbocycles. The Balaban J connectivity index is 2.43. The summed E-state index contributed by atoms with van der Waals surface area (Å²) in [4.78, 5) is 22.9. The first-order valence-corrected chi connectivity index (χ1v) is 6.77. The van der Waals surface area contributed by atoms with E-state index in [1.807, 2.05) is 13.8 Å². The highest BCUT2D eigenvalue weighted by Crippen LogP contribution is 2.22. The van der Waals surface area contributed by atoms with Crippen LogP contribution in [0.3, 0.4) is 0 Å². The van der Waals surface area contributed by atoms with Gasteiger partial charge in [0.2, 0.25) is 5.91 Å². The Morgan fingerprint density at radius 3 is 2.61 bits per heavy atom. The van der Waals surface area contributed by atoms with Gasteiger partial charge in [-0.2, -0.15) is 0 Å². The Hall–Kier alpha value is -1.10.